The van der Waals surface area contributed by atoms with Crippen LogP contribution in [0.15, 0.2) is 18.3 Å². The van der Waals surface area contributed by atoms with E-state index in [-0.39, 0.29) is 19.1 Å². The van der Waals surface area contributed by atoms with Crippen LogP contribution >= 0.6 is 0 Å². The first kappa shape index (κ1) is 14.1. The van der Waals surface area contributed by atoms with Crippen molar-refractivity contribution in [3.8, 4) is 0 Å². The van der Waals surface area contributed by atoms with Gasteiger partial charge in [0.05, 0.1) is 11.4 Å². The van der Waals surface area contributed by atoms with Gasteiger partial charge in [-0.2, -0.15) is 10.2 Å². The van der Waals surface area contributed by atoms with Crippen molar-refractivity contribution >= 4 is 11.8 Å². The number of nitrogens with zero attached hydrogens (tertiary/aromatic N) is 4. The second-order valence-corrected chi connectivity index (χ2v) is 4.40. The predicted octanol–water partition coefficient (Wildman–Crippen LogP) is 0.987. The summed E-state index contributed by atoms with van der Waals surface area (Å²) in [5.41, 5.74) is 7.38. The van der Waals surface area contributed by atoms with E-state index in [1.165, 1.54) is 4.68 Å². The van der Waals surface area contributed by atoms with Crippen molar-refractivity contribution < 1.29 is 9.53 Å². The van der Waals surface area contributed by atoms with Crippen LogP contribution in [0.4, 0.5) is 5.82 Å². The number of aromatic nitrogens is 4. The third-order valence-electron chi connectivity index (χ3n) is 2.91. The maximum atomic E-state index is 11.7. The molecule has 0 fully saturated rings. The molecule has 0 amide bonds. The first-order valence-corrected chi connectivity index (χ1v) is 6.62. The van der Waals surface area contributed by atoms with Crippen molar-refractivity contribution in [2.24, 2.45) is 0 Å². The molecular weight excluding hydrogens is 258 g/mol. The molecule has 108 valence electrons. The van der Waals surface area contributed by atoms with Gasteiger partial charge in [0.15, 0.2) is 0 Å². The third-order valence-corrected chi connectivity index (χ3v) is 2.91. The highest BCUT2D eigenvalue weighted by Gasteiger charge is 2.10. The zero-order valence-electron chi connectivity index (χ0n) is 11.7. The molecule has 0 aromatic carbocycles. The summed E-state index contributed by atoms with van der Waals surface area (Å²) in [6.07, 6.45) is 2.50. The van der Waals surface area contributed by atoms with Crippen molar-refractivity contribution in [3.63, 3.8) is 0 Å². The number of aryl methyl sites for hydroxylation is 2. The summed E-state index contributed by atoms with van der Waals surface area (Å²) in [6, 6.07) is 3.59. The highest BCUT2D eigenvalue weighted by Crippen LogP contribution is 2.07. The van der Waals surface area contributed by atoms with E-state index < -0.39 is 0 Å². The van der Waals surface area contributed by atoms with Crippen LogP contribution in [-0.4, -0.2) is 25.5 Å². The van der Waals surface area contributed by atoms with Gasteiger partial charge in [-0.1, -0.05) is 6.92 Å². The molecule has 2 aromatic rings. The molecule has 0 aliphatic heterocycles. The van der Waals surface area contributed by atoms with Gasteiger partial charge in [0, 0.05) is 12.7 Å². The molecule has 0 spiro atoms. The number of rotatable bonds is 6. The molecule has 2 heterocycles. The number of carbonyl (C=O) groups is 1. The van der Waals surface area contributed by atoms with Crippen LogP contribution in [0, 0.1) is 0 Å². The molecule has 0 saturated heterocycles. The highest BCUT2D eigenvalue weighted by atomic mass is 16.5. The minimum absolute atomic E-state index is 0.0537. The third kappa shape index (κ3) is 3.37. The number of hydrogen-bond acceptors (Lipinski definition) is 5. The van der Waals surface area contributed by atoms with E-state index in [0.29, 0.717) is 5.82 Å². The van der Waals surface area contributed by atoms with Gasteiger partial charge in [-0.15, -0.1) is 0 Å². The summed E-state index contributed by atoms with van der Waals surface area (Å²) < 4.78 is 8.54. The minimum atomic E-state index is -0.352. The van der Waals surface area contributed by atoms with E-state index in [0.717, 1.165) is 24.4 Å². The number of ether oxygens (including phenoxy) is 1. The lowest BCUT2D eigenvalue weighted by molar-refractivity contribution is -0.146. The molecule has 7 heteroatoms. The number of hydrogen-bond donors (Lipinski definition) is 1. The Morgan fingerprint density at radius 2 is 2.20 bits per heavy atom. The standard InChI is InChI=1S/C13H19N5O2/c1-3-10-7-11(18(4-2)15-10)9-20-13(19)8-17-6-5-12(14)16-17/h5-7H,3-4,8-9H2,1-2H3,(H2,14,16). The monoisotopic (exact) mass is 277 g/mol. The SMILES string of the molecule is CCc1cc(COC(=O)Cn2ccc(N)n2)n(CC)n1. The molecule has 0 radical (unpaired) electrons. The van der Waals surface area contributed by atoms with Crippen molar-refractivity contribution in [1.29, 1.82) is 0 Å². The van der Waals surface area contributed by atoms with E-state index in [1.807, 2.05) is 24.6 Å². The van der Waals surface area contributed by atoms with Gasteiger partial charge < -0.3 is 10.5 Å². The fourth-order valence-corrected chi connectivity index (χ4v) is 1.88. The van der Waals surface area contributed by atoms with Crippen LogP contribution < -0.4 is 5.73 Å². The minimum Gasteiger partial charge on any atom is -0.458 e. The lowest BCUT2D eigenvalue weighted by Crippen LogP contribution is -2.15. The Kier molecular flexibility index (Phi) is 4.39. The highest BCUT2D eigenvalue weighted by molar-refractivity contribution is 5.69. The fraction of sp³-hybridized carbons (Fsp3) is 0.462. The topological polar surface area (TPSA) is 88.0 Å². The van der Waals surface area contributed by atoms with Crippen LogP contribution in [0.1, 0.15) is 25.2 Å². The molecule has 2 N–H and O–H groups in total. The van der Waals surface area contributed by atoms with Gasteiger partial charge in [0.2, 0.25) is 0 Å². The summed E-state index contributed by atoms with van der Waals surface area (Å²) in [4.78, 5) is 11.7. The molecule has 0 bridgehead atoms. The van der Waals surface area contributed by atoms with E-state index in [1.54, 1.807) is 12.3 Å². The van der Waals surface area contributed by atoms with Crippen LogP contribution in [-0.2, 0) is 35.6 Å². The molecule has 0 aliphatic rings. The summed E-state index contributed by atoms with van der Waals surface area (Å²) >= 11 is 0. The molecule has 2 aromatic heterocycles. The van der Waals surface area contributed by atoms with Crippen LogP contribution in [0.5, 0.6) is 0 Å². The quantitative estimate of drug-likeness (QED) is 0.795. The van der Waals surface area contributed by atoms with Crippen LogP contribution in [0.2, 0.25) is 0 Å². The molecule has 0 atom stereocenters. The van der Waals surface area contributed by atoms with Crippen LogP contribution in [0.25, 0.3) is 0 Å². The van der Waals surface area contributed by atoms with Crippen molar-refractivity contribution in [2.75, 3.05) is 5.73 Å². The van der Waals surface area contributed by atoms with Crippen molar-refractivity contribution in [3.05, 3.63) is 29.7 Å². The number of carbonyl (C=O) groups excluding carboxylic acids is 1. The van der Waals surface area contributed by atoms with Gasteiger partial charge in [-0.3, -0.25) is 14.2 Å². The van der Waals surface area contributed by atoms with E-state index in [4.69, 9.17) is 10.5 Å². The van der Waals surface area contributed by atoms with Crippen LogP contribution in [0.3, 0.4) is 0 Å². The van der Waals surface area contributed by atoms with Gasteiger partial charge in [-0.05, 0) is 25.5 Å². The predicted molar refractivity (Wildman–Crippen MR) is 73.7 cm³/mol. The number of anilines is 1. The Morgan fingerprint density at radius 1 is 1.40 bits per heavy atom. The summed E-state index contributed by atoms with van der Waals surface area (Å²) in [5.74, 6) is 0.0319. The molecule has 20 heavy (non-hydrogen) atoms. The first-order valence-electron chi connectivity index (χ1n) is 6.62. The Balaban J connectivity index is 1.91. The molecule has 7 nitrogen and oxygen atoms in total. The molecule has 0 saturated carbocycles. The van der Waals surface area contributed by atoms with E-state index >= 15 is 0 Å². The smallest absolute Gasteiger partial charge is 0.328 e. The average Bonchev–Trinajstić information content (AvgIpc) is 3.02. The Labute approximate surface area is 117 Å². The van der Waals surface area contributed by atoms with Gasteiger partial charge in [-0.25, -0.2) is 0 Å². The average molecular weight is 277 g/mol. The second-order valence-electron chi connectivity index (χ2n) is 4.40. The maximum Gasteiger partial charge on any atom is 0.328 e. The summed E-state index contributed by atoms with van der Waals surface area (Å²) in [5, 5.41) is 8.34. The molecular formula is C13H19N5O2. The Morgan fingerprint density at radius 3 is 2.80 bits per heavy atom. The number of nitrogen functional groups attached to an aromatic ring is 1. The number of nitrogens with two attached hydrogens (primary N) is 1. The number of esters is 1. The lowest BCUT2D eigenvalue weighted by atomic mass is 10.3. The van der Waals surface area contributed by atoms with E-state index in [9.17, 15) is 4.79 Å². The summed E-state index contributed by atoms with van der Waals surface area (Å²) in [7, 11) is 0. The van der Waals surface area contributed by atoms with Gasteiger partial charge in [0.1, 0.15) is 19.0 Å². The van der Waals surface area contributed by atoms with E-state index in [2.05, 4.69) is 10.2 Å². The largest absolute Gasteiger partial charge is 0.458 e. The Hall–Kier alpha value is -2.31. The van der Waals surface area contributed by atoms with Gasteiger partial charge in [0.25, 0.3) is 0 Å². The fourth-order valence-electron chi connectivity index (χ4n) is 1.88. The second kappa shape index (κ2) is 6.23. The molecule has 2 rings (SSSR count). The zero-order valence-corrected chi connectivity index (χ0v) is 11.7. The van der Waals surface area contributed by atoms with Crippen molar-refractivity contribution in [1.82, 2.24) is 19.6 Å². The van der Waals surface area contributed by atoms with Crippen molar-refractivity contribution in [2.45, 2.75) is 40.0 Å². The van der Waals surface area contributed by atoms with Gasteiger partial charge >= 0.3 is 5.97 Å². The first-order chi connectivity index (χ1) is 9.62. The molecule has 0 aliphatic carbocycles. The molecule has 0 unspecified atom stereocenters. The Bertz CT molecular complexity index is 587. The lowest BCUT2D eigenvalue weighted by Gasteiger charge is -2.06. The summed E-state index contributed by atoms with van der Waals surface area (Å²) in [6.45, 7) is 5.07. The normalized spacial score (nSPS) is 10.7. The maximum absolute atomic E-state index is 11.7. The zero-order chi connectivity index (χ0) is 14.5.